The first kappa shape index (κ1) is 22.9. The molecule has 0 spiro atoms. The molecule has 9 heteroatoms. The number of esters is 1. The SMILES string of the molecule is COCC1(C(=O)Nc2ccc(C(=O)NCC(=O)OC)cc2)CCNCC1.Cl. The number of amides is 2. The number of hydrogen-bond acceptors (Lipinski definition) is 6. The maximum atomic E-state index is 12.8. The Balaban J connectivity index is 0.00000364. The Labute approximate surface area is 164 Å². The molecular formula is C18H26ClN3O5. The number of piperidine rings is 1. The molecule has 1 saturated heterocycles. The average Bonchev–Trinajstić information content (AvgIpc) is 2.67. The largest absolute Gasteiger partial charge is 0.468 e. The monoisotopic (exact) mass is 399 g/mol. The third-order valence-corrected chi connectivity index (χ3v) is 4.49. The number of rotatable bonds is 7. The Morgan fingerprint density at radius 3 is 2.30 bits per heavy atom. The fraction of sp³-hybridized carbons (Fsp3) is 0.500. The molecule has 1 aliphatic heterocycles. The molecule has 27 heavy (non-hydrogen) atoms. The molecule has 0 unspecified atom stereocenters. The van der Waals surface area contributed by atoms with Crippen molar-refractivity contribution in [1.82, 2.24) is 10.6 Å². The van der Waals surface area contributed by atoms with Crippen LogP contribution in [0, 0.1) is 5.41 Å². The second-order valence-electron chi connectivity index (χ2n) is 6.25. The molecule has 1 heterocycles. The Bertz CT molecular complexity index is 639. The number of carbonyl (C=O) groups is 3. The molecule has 2 rings (SSSR count). The minimum Gasteiger partial charge on any atom is -0.468 e. The van der Waals surface area contributed by atoms with Gasteiger partial charge in [-0.2, -0.15) is 0 Å². The third kappa shape index (κ3) is 6.20. The number of hydrogen-bond donors (Lipinski definition) is 3. The molecule has 150 valence electrons. The van der Waals surface area contributed by atoms with E-state index < -0.39 is 11.4 Å². The summed E-state index contributed by atoms with van der Waals surface area (Å²) >= 11 is 0. The fourth-order valence-electron chi connectivity index (χ4n) is 2.91. The van der Waals surface area contributed by atoms with Gasteiger partial charge in [0.05, 0.1) is 19.1 Å². The van der Waals surface area contributed by atoms with E-state index in [0.29, 0.717) is 30.7 Å². The average molecular weight is 400 g/mol. The van der Waals surface area contributed by atoms with E-state index in [1.165, 1.54) is 7.11 Å². The van der Waals surface area contributed by atoms with Gasteiger partial charge >= 0.3 is 5.97 Å². The highest BCUT2D eigenvalue weighted by Gasteiger charge is 2.39. The highest BCUT2D eigenvalue weighted by molar-refractivity contribution is 5.98. The van der Waals surface area contributed by atoms with E-state index in [1.807, 2.05) is 0 Å². The van der Waals surface area contributed by atoms with Gasteiger partial charge in [-0.1, -0.05) is 0 Å². The van der Waals surface area contributed by atoms with E-state index in [-0.39, 0.29) is 30.8 Å². The molecule has 0 bridgehead atoms. The van der Waals surface area contributed by atoms with Gasteiger partial charge in [0.1, 0.15) is 6.54 Å². The predicted octanol–water partition coefficient (Wildman–Crippen LogP) is 0.966. The van der Waals surface area contributed by atoms with E-state index in [4.69, 9.17) is 4.74 Å². The van der Waals surface area contributed by atoms with Crippen LogP contribution in [0.3, 0.4) is 0 Å². The minimum atomic E-state index is -0.545. The molecule has 0 aromatic heterocycles. The van der Waals surface area contributed by atoms with E-state index in [9.17, 15) is 14.4 Å². The van der Waals surface area contributed by atoms with Crippen LogP contribution in [0.1, 0.15) is 23.2 Å². The standard InChI is InChI=1S/C18H25N3O5.ClH/c1-25-12-18(7-9-19-10-8-18)17(24)21-14-5-3-13(4-6-14)16(23)20-11-15(22)26-2;/h3-6,19H,7-12H2,1-2H3,(H,20,23)(H,21,24);1H. The molecule has 8 nitrogen and oxygen atoms in total. The van der Waals surface area contributed by atoms with Gasteiger partial charge in [-0.25, -0.2) is 0 Å². The number of benzene rings is 1. The maximum absolute atomic E-state index is 12.8. The molecular weight excluding hydrogens is 374 g/mol. The van der Waals surface area contributed by atoms with Gasteiger partial charge in [0.2, 0.25) is 5.91 Å². The van der Waals surface area contributed by atoms with Crippen molar-refractivity contribution in [3.63, 3.8) is 0 Å². The van der Waals surface area contributed by atoms with Crippen molar-refractivity contribution < 1.29 is 23.9 Å². The zero-order valence-electron chi connectivity index (χ0n) is 15.5. The number of ether oxygens (including phenoxy) is 2. The first-order valence-electron chi connectivity index (χ1n) is 8.47. The lowest BCUT2D eigenvalue weighted by Crippen LogP contribution is -2.47. The molecule has 1 aromatic carbocycles. The van der Waals surface area contributed by atoms with Gasteiger partial charge in [0.25, 0.3) is 5.91 Å². The summed E-state index contributed by atoms with van der Waals surface area (Å²) in [5.41, 5.74) is 0.449. The predicted molar refractivity (Wildman–Crippen MR) is 103 cm³/mol. The van der Waals surface area contributed by atoms with Crippen molar-refractivity contribution in [3.05, 3.63) is 29.8 Å². The quantitative estimate of drug-likeness (QED) is 0.590. The first-order valence-corrected chi connectivity index (χ1v) is 8.47. The summed E-state index contributed by atoms with van der Waals surface area (Å²) in [5, 5.41) is 8.62. The van der Waals surface area contributed by atoms with Gasteiger partial charge in [0.15, 0.2) is 0 Å². The van der Waals surface area contributed by atoms with Crippen LogP contribution in [0.5, 0.6) is 0 Å². The minimum absolute atomic E-state index is 0. The van der Waals surface area contributed by atoms with Crippen molar-refractivity contribution >= 4 is 35.9 Å². The van der Waals surface area contributed by atoms with Gasteiger partial charge in [0, 0.05) is 18.4 Å². The number of carbonyl (C=O) groups excluding carboxylic acids is 3. The number of methoxy groups -OCH3 is 2. The Kier molecular flexibility index (Phi) is 9.20. The van der Waals surface area contributed by atoms with Crippen LogP contribution in [0.15, 0.2) is 24.3 Å². The molecule has 1 fully saturated rings. The lowest BCUT2D eigenvalue weighted by atomic mass is 9.78. The van der Waals surface area contributed by atoms with Crippen LogP contribution in [-0.4, -0.2) is 58.2 Å². The van der Waals surface area contributed by atoms with Crippen molar-refractivity contribution in [1.29, 1.82) is 0 Å². The normalized spacial score (nSPS) is 15.2. The van der Waals surface area contributed by atoms with Crippen molar-refractivity contribution in [2.24, 2.45) is 5.41 Å². The fourth-order valence-corrected chi connectivity index (χ4v) is 2.91. The van der Waals surface area contributed by atoms with Crippen LogP contribution in [0.2, 0.25) is 0 Å². The zero-order chi connectivity index (χ0) is 19.0. The molecule has 2 amide bonds. The van der Waals surface area contributed by atoms with Gasteiger partial charge in [-0.05, 0) is 50.2 Å². The van der Waals surface area contributed by atoms with E-state index >= 15 is 0 Å². The molecule has 0 aliphatic carbocycles. The van der Waals surface area contributed by atoms with Gasteiger partial charge in [-0.3, -0.25) is 14.4 Å². The van der Waals surface area contributed by atoms with Crippen molar-refractivity contribution in [3.8, 4) is 0 Å². The highest BCUT2D eigenvalue weighted by Crippen LogP contribution is 2.30. The summed E-state index contributed by atoms with van der Waals surface area (Å²) in [6.07, 6.45) is 1.42. The van der Waals surface area contributed by atoms with Crippen LogP contribution < -0.4 is 16.0 Å². The lowest BCUT2D eigenvalue weighted by molar-refractivity contribution is -0.139. The van der Waals surface area contributed by atoms with Crippen LogP contribution >= 0.6 is 12.4 Å². The second kappa shape index (κ2) is 10.9. The smallest absolute Gasteiger partial charge is 0.325 e. The lowest BCUT2D eigenvalue weighted by Gasteiger charge is -2.35. The van der Waals surface area contributed by atoms with Crippen molar-refractivity contribution in [2.75, 3.05) is 45.8 Å². The third-order valence-electron chi connectivity index (χ3n) is 4.49. The first-order chi connectivity index (χ1) is 12.5. The molecule has 1 aliphatic rings. The van der Waals surface area contributed by atoms with E-state index in [0.717, 1.165) is 13.1 Å². The molecule has 1 aromatic rings. The van der Waals surface area contributed by atoms with Gasteiger partial charge < -0.3 is 25.4 Å². The van der Waals surface area contributed by atoms with Gasteiger partial charge in [-0.15, -0.1) is 12.4 Å². The summed E-state index contributed by atoms with van der Waals surface area (Å²) in [6, 6.07) is 6.50. The summed E-state index contributed by atoms with van der Waals surface area (Å²) in [6.45, 7) is 1.72. The summed E-state index contributed by atoms with van der Waals surface area (Å²) in [4.78, 5) is 35.8. The van der Waals surface area contributed by atoms with Crippen LogP contribution in [0.25, 0.3) is 0 Å². The van der Waals surface area contributed by atoms with E-state index in [2.05, 4.69) is 20.7 Å². The number of anilines is 1. The number of nitrogens with one attached hydrogen (secondary N) is 3. The Morgan fingerprint density at radius 1 is 1.11 bits per heavy atom. The van der Waals surface area contributed by atoms with Crippen LogP contribution in [-0.2, 0) is 19.1 Å². The van der Waals surface area contributed by atoms with Crippen LogP contribution in [0.4, 0.5) is 5.69 Å². The Morgan fingerprint density at radius 2 is 1.74 bits per heavy atom. The second-order valence-corrected chi connectivity index (χ2v) is 6.25. The topological polar surface area (TPSA) is 106 Å². The summed E-state index contributed by atoms with van der Waals surface area (Å²) in [7, 11) is 2.85. The van der Waals surface area contributed by atoms with E-state index in [1.54, 1.807) is 31.4 Å². The highest BCUT2D eigenvalue weighted by atomic mass is 35.5. The maximum Gasteiger partial charge on any atom is 0.325 e. The molecule has 0 radical (unpaired) electrons. The number of halogens is 1. The molecule has 3 N–H and O–H groups in total. The van der Waals surface area contributed by atoms with Crippen molar-refractivity contribution in [2.45, 2.75) is 12.8 Å². The molecule has 0 atom stereocenters. The zero-order valence-corrected chi connectivity index (χ0v) is 16.3. The Hall–Kier alpha value is -2.16. The summed E-state index contributed by atoms with van der Waals surface area (Å²) in [5.74, 6) is -0.987. The summed E-state index contributed by atoms with van der Waals surface area (Å²) < 4.78 is 9.74. The molecule has 0 saturated carbocycles.